The average Bonchev–Trinajstić information content (AvgIpc) is 3.67. The fourth-order valence-corrected chi connectivity index (χ4v) is 11.9. The molecule has 0 saturated carbocycles. The van der Waals surface area contributed by atoms with E-state index in [9.17, 15) is 0 Å². The van der Waals surface area contributed by atoms with E-state index in [0.29, 0.717) is 0 Å². The van der Waals surface area contributed by atoms with Gasteiger partial charge in [-0.05, 0) is 151 Å². The van der Waals surface area contributed by atoms with Crippen molar-refractivity contribution in [2.45, 2.75) is 32.1 Å². The van der Waals surface area contributed by atoms with E-state index >= 15 is 0 Å². The highest BCUT2D eigenvalue weighted by Crippen LogP contribution is 2.53. The van der Waals surface area contributed by atoms with Crippen molar-refractivity contribution in [1.29, 1.82) is 0 Å². The van der Waals surface area contributed by atoms with E-state index in [-0.39, 0.29) is 5.41 Å². The number of nitrogens with zero attached hydrogens (tertiary/aromatic N) is 2. The van der Waals surface area contributed by atoms with Crippen LogP contribution in [0.1, 0.15) is 47.2 Å². The monoisotopic (exact) mass is 934 g/mol. The third kappa shape index (κ3) is 7.84. The Morgan fingerprint density at radius 1 is 0.274 bits per heavy atom. The maximum absolute atomic E-state index is 2.53. The van der Waals surface area contributed by atoms with Gasteiger partial charge in [0.25, 0.3) is 0 Å². The predicted octanol–water partition coefficient (Wildman–Crippen LogP) is 19.1. The standard InChI is InChI=1S/C71H54N2/c1-71(2)66-37-18-16-36-64(66)65-43-41-59(48-67(65)71)73(57-32-20-28-51(46-57)49-22-6-3-7-23-49)69-39-21-29-54-44-52-26-12-14-33-60(52)61-42-40-58(47-55(61)45-53-27-13-15-35-63(53)70(54)69)72(56-30-10-5-11-31-56)68-38-19-17-34-62(68)50-24-8-4-9-25-50/h3-43,46-48H,44-45H2,1-2H3. The summed E-state index contributed by atoms with van der Waals surface area (Å²) in [6.45, 7) is 4.76. The number of hydrogen-bond acceptors (Lipinski definition) is 2. The lowest BCUT2D eigenvalue weighted by Crippen LogP contribution is -2.17. The normalized spacial score (nSPS) is 12.8. The summed E-state index contributed by atoms with van der Waals surface area (Å²) in [5.41, 5.74) is 26.9. The largest absolute Gasteiger partial charge is 0.310 e. The third-order valence-corrected chi connectivity index (χ3v) is 15.4. The van der Waals surface area contributed by atoms with E-state index in [1.54, 1.807) is 0 Å². The van der Waals surface area contributed by atoms with Crippen molar-refractivity contribution in [3.8, 4) is 55.6 Å². The van der Waals surface area contributed by atoms with Crippen LogP contribution in [0.25, 0.3) is 55.6 Å². The van der Waals surface area contributed by atoms with E-state index in [0.717, 1.165) is 47.0 Å². The fourth-order valence-electron chi connectivity index (χ4n) is 11.9. The Hall–Kier alpha value is -8.98. The molecule has 0 radical (unpaired) electrons. The highest BCUT2D eigenvalue weighted by atomic mass is 15.2. The van der Waals surface area contributed by atoms with E-state index in [2.05, 4.69) is 291 Å². The summed E-state index contributed by atoms with van der Waals surface area (Å²) >= 11 is 0. The number of benzene rings is 11. The molecule has 2 aliphatic carbocycles. The Bertz CT molecular complexity index is 3830. The minimum absolute atomic E-state index is 0.163. The molecule has 0 aliphatic heterocycles. The molecule has 0 unspecified atom stereocenters. The van der Waals surface area contributed by atoms with Gasteiger partial charge in [-0.2, -0.15) is 0 Å². The van der Waals surface area contributed by atoms with Crippen molar-refractivity contribution < 1.29 is 0 Å². The molecule has 348 valence electrons. The van der Waals surface area contributed by atoms with Crippen LogP contribution in [0.3, 0.4) is 0 Å². The van der Waals surface area contributed by atoms with Gasteiger partial charge in [-0.3, -0.25) is 0 Å². The molecule has 73 heavy (non-hydrogen) atoms. The first-order chi connectivity index (χ1) is 36.0. The maximum Gasteiger partial charge on any atom is 0.0543 e. The van der Waals surface area contributed by atoms with E-state index in [1.165, 1.54) is 89.0 Å². The molecule has 0 fully saturated rings. The molecule has 0 bridgehead atoms. The average molecular weight is 935 g/mol. The van der Waals surface area contributed by atoms with Crippen molar-refractivity contribution in [3.05, 3.63) is 300 Å². The second-order valence-electron chi connectivity index (χ2n) is 20.0. The molecule has 2 heteroatoms. The number of para-hydroxylation sites is 2. The van der Waals surface area contributed by atoms with Gasteiger partial charge in [-0.15, -0.1) is 0 Å². The number of hydrogen-bond donors (Lipinski definition) is 0. The van der Waals surface area contributed by atoms with Gasteiger partial charge in [0.15, 0.2) is 0 Å². The number of rotatable bonds is 8. The van der Waals surface area contributed by atoms with Crippen LogP contribution < -0.4 is 9.80 Å². The Kier molecular flexibility index (Phi) is 11.0. The number of fused-ring (bicyclic) bond motifs is 9. The van der Waals surface area contributed by atoms with Gasteiger partial charge in [-0.25, -0.2) is 0 Å². The Morgan fingerprint density at radius 3 is 1.51 bits per heavy atom. The van der Waals surface area contributed by atoms with Crippen LogP contribution in [-0.4, -0.2) is 0 Å². The highest BCUT2D eigenvalue weighted by Gasteiger charge is 2.36. The van der Waals surface area contributed by atoms with Gasteiger partial charge < -0.3 is 9.80 Å². The van der Waals surface area contributed by atoms with Gasteiger partial charge in [0, 0.05) is 39.3 Å². The van der Waals surface area contributed by atoms with Crippen molar-refractivity contribution in [3.63, 3.8) is 0 Å². The predicted molar refractivity (Wildman–Crippen MR) is 307 cm³/mol. The molecular formula is C71H54N2. The van der Waals surface area contributed by atoms with Crippen molar-refractivity contribution in [2.75, 3.05) is 9.80 Å². The smallest absolute Gasteiger partial charge is 0.0543 e. The molecule has 11 aromatic rings. The Balaban J connectivity index is 1.02. The second kappa shape index (κ2) is 18.3. The summed E-state index contributed by atoms with van der Waals surface area (Å²) in [4.78, 5) is 4.97. The zero-order chi connectivity index (χ0) is 48.9. The van der Waals surface area contributed by atoms with Crippen LogP contribution >= 0.6 is 0 Å². The van der Waals surface area contributed by atoms with Crippen molar-refractivity contribution >= 4 is 34.1 Å². The SMILES string of the molecule is CC1(C)c2ccccc2-c2ccc(N(c3cccc(-c4ccccc4)c3)c3cccc4c3-c3ccccc3Cc3cc(N(c5ccccc5)c5ccccc5-c5ccccc5)ccc3-c3ccccc3C4)cc21. The molecule has 2 aliphatic rings. The van der Waals surface area contributed by atoms with Crippen LogP contribution in [0, 0.1) is 0 Å². The fraction of sp³-hybridized carbons (Fsp3) is 0.0704. The van der Waals surface area contributed by atoms with Crippen molar-refractivity contribution in [2.24, 2.45) is 0 Å². The molecule has 0 heterocycles. The lowest BCUT2D eigenvalue weighted by molar-refractivity contribution is 0.660. The third-order valence-electron chi connectivity index (χ3n) is 15.4. The Labute approximate surface area is 429 Å². The van der Waals surface area contributed by atoms with Crippen LogP contribution in [-0.2, 0) is 18.3 Å². The summed E-state index contributed by atoms with van der Waals surface area (Å²) in [5.74, 6) is 0. The molecule has 0 atom stereocenters. The summed E-state index contributed by atoms with van der Waals surface area (Å²) < 4.78 is 0. The molecule has 0 N–H and O–H groups in total. The molecule has 13 rings (SSSR count). The van der Waals surface area contributed by atoms with Crippen LogP contribution in [0.2, 0.25) is 0 Å². The number of anilines is 6. The first-order valence-electron chi connectivity index (χ1n) is 25.6. The molecular weight excluding hydrogens is 881 g/mol. The topological polar surface area (TPSA) is 6.48 Å². The van der Waals surface area contributed by atoms with Crippen LogP contribution in [0.4, 0.5) is 34.1 Å². The quantitative estimate of drug-likeness (QED) is 0.150. The Morgan fingerprint density at radius 2 is 0.740 bits per heavy atom. The van der Waals surface area contributed by atoms with Gasteiger partial charge in [-0.1, -0.05) is 220 Å². The molecule has 11 aromatic carbocycles. The summed E-state index contributed by atoms with van der Waals surface area (Å²) in [5, 5.41) is 0. The summed E-state index contributed by atoms with van der Waals surface area (Å²) in [6, 6.07) is 98.8. The van der Waals surface area contributed by atoms with Gasteiger partial charge >= 0.3 is 0 Å². The van der Waals surface area contributed by atoms with E-state index in [1.807, 2.05) is 0 Å². The minimum Gasteiger partial charge on any atom is -0.310 e. The molecule has 0 aromatic heterocycles. The lowest BCUT2D eigenvalue weighted by Gasteiger charge is -2.32. The maximum atomic E-state index is 2.53. The van der Waals surface area contributed by atoms with Crippen molar-refractivity contribution in [1.82, 2.24) is 0 Å². The van der Waals surface area contributed by atoms with Crippen LogP contribution in [0.5, 0.6) is 0 Å². The molecule has 0 spiro atoms. The minimum atomic E-state index is -0.163. The first-order valence-corrected chi connectivity index (χ1v) is 25.6. The van der Waals surface area contributed by atoms with Gasteiger partial charge in [0.2, 0.25) is 0 Å². The zero-order valence-electron chi connectivity index (χ0n) is 41.2. The van der Waals surface area contributed by atoms with E-state index in [4.69, 9.17) is 0 Å². The zero-order valence-corrected chi connectivity index (χ0v) is 41.2. The first kappa shape index (κ1) is 44.0. The molecule has 0 saturated heterocycles. The highest BCUT2D eigenvalue weighted by molar-refractivity contribution is 5.95. The summed E-state index contributed by atoms with van der Waals surface area (Å²) in [7, 11) is 0. The van der Waals surface area contributed by atoms with Gasteiger partial charge in [0.05, 0.1) is 11.4 Å². The molecule has 0 amide bonds. The summed E-state index contributed by atoms with van der Waals surface area (Å²) in [6.07, 6.45) is 1.50. The van der Waals surface area contributed by atoms with Crippen LogP contribution in [0.15, 0.2) is 267 Å². The second-order valence-corrected chi connectivity index (χ2v) is 20.0. The molecule has 2 nitrogen and oxygen atoms in total. The lowest BCUT2D eigenvalue weighted by atomic mass is 9.82. The van der Waals surface area contributed by atoms with Gasteiger partial charge in [0.1, 0.15) is 0 Å². The van der Waals surface area contributed by atoms with E-state index < -0.39 is 0 Å².